The van der Waals surface area contributed by atoms with Crippen molar-refractivity contribution in [1.29, 1.82) is 0 Å². The van der Waals surface area contributed by atoms with Gasteiger partial charge in [0.05, 0.1) is 0 Å². The number of amides is 1. The molecule has 0 aliphatic heterocycles. The molecule has 6 nitrogen and oxygen atoms in total. The highest BCUT2D eigenvalue weighted by molar-refractivity contribution is 6.04. The average Bonchev–Trinajstić information content (AvgIpc) is 2.67. The first-order chi connectivity index (χ1) is 12.9. The molecule has 0 atom stereocenters. The van der Waals surface area contributed by atoms with E-state index in [1.165, 1.54) is 12.4 Å². The first-order valence-corrected chi connectivity index (χ1v) is 7.86. The van der Waals surface area contributed by atoms with Crippen LogP contribution in [-0.4, -0.2) is 20.9 Å². The first kappa shape index (κ1) is 18.3. The number of carbonyl (C=O) groups excluding carboxylic acids is 1. The molecule has 138 valence electrons. The third-order valence-corrected chi connectivity index (χ3v) is 3.52. The normalized spacial score (nSPS) is 11.1. The first-order valence-electron chi connectivity index (χ1n) is 7.86. The van der Waals surface area contributed by atoms with Crippen molar-refractivity contribution in [1.82, 2.24) is 15.0 Å². The van der Waals surface area contributed by atoms with Crippen LogP contribution >= 0.6 is 0 Å². The van der Waals surface area contributed by atoms with Crippen LogP contribution in [0.25, 0.3) is 0 Å². The zero-order valence-corrected chi connectivity index (χ0v) is 13.9. The molecule has 3 aromatic rings. The van der Waals surface area contributed by atoms with E-state index in [1.54, 1.807) is 36.4 Å². The van der Waals surface area contributed by atoms with E-state index in [0.717, 1.165) is 17.8 Å². The Morgan fingerprint density at radius 3 is 2.56 bits per heavy atom. The predicted octanol–water partition coefficient (Wildman–Crippen LogP) is 3.75. The van der Waals surface area contributed by atoms with Crippen LogP contribution in [-0.2, 0) is 12.7 Å². The number of alkyl halides is 3. The summed E-state index contributed by atoms with van der Waals surface area (Å²) in [6, 6.07) is 10.9. The zero-order valence-electron chi connectivity index (χ0n) is 13.9. The fourth-order valence-corrected chi connectivity index (χ4v) is 2.25. The van der Waals surface area contributed by atoms with Gasteiger partial charge in [-0.3, -0.25) is 9.78 Å². The lowest BCUT2D eigenvalue weighted by molar-refractivity contribution is -0.141. The molecule has 2 heterocycles. The third-order valence-electron chi connectivity index (χ3n) is 3.52. The lowest BCUT2D eigenvalue weighted by atomic mass is 10.2. The Bertz CT molecular complexity index is 932. The van der Waals surface area contributed by atoms with Crippen LogP contribution in [0.1, 0.15) is 21.6 Å². The van der Waals surface area contributed by atoms with Crippen molar-refractivity contribution in [2.45, 2.75) is 12.7 Å². The molecule has 2 aromatic heterocycles. The predicted molar refractivity (Wildman–Crippen MR) is 93.0 cm³/mol. The Labute approximate surface area is 152 Å². The Hall–Kier alpha value is -3.49. The second-order valence-corrected chi connectivity index (χ2v) is 5.51. The van der Waals surface area contributed by atoms with Crippen LogP contribution < -0.4 is 10.6 Å². The number of benzene rings is 1. The summed E-state index contributed by atoms with van der Waals surface area (Å²) in [7, 11) is 0. The Kier molecular flexibility index (Phi) is 5.30. The van der Waals surface area contributed by atoms with E-state index in [4.69, 9.17) is 0 Å². The van der Waals surface area contributed by atoms with Crippen LogP contribution in [0.2, 0.25) is 0 Å². The number of carbonyl (C=O) groups is 1. The minimum absolute atomic E-state index is 0.129. The number of hydrogen-bond acceptors (Lipinski definition) is 5. The summed E-state index contributed by atoms with van der Waals surface area (Å²) < 4.78 is 38.0. The van der Waals surface area contributed by atoms with Crippen LogP contribution in [0.15, 0.2) is 61.1 Å². The number of rotatable bonds is 5. The Morgan fingerprint density at radius 2 is 1.81 bits per heavy atom. The zero-order chi connectivity index (χ0) is 19.3. The number of halogens is 3. The fraction of sp³-hybridized carbons (Fsp3) is 0.111. The van der Waals surface area contributed by atoms with Gasteiger partial charge in [-0.15, -0.1) is 0 Å². The fourth-order valence-electron chi connectivity index (χ4n) is 2.25. The average molecular weight is 373 g/mol. The molecule has 0 fully saturated rings. The summed E-state index contributed by atoms with van der Waals surface area (Å²) in [6.45, 7) is 0.195. The lowest BCUT2D eigenvalue weighted by Crippen LogP contribution is -2.13. The Balaban J connectivity index is 1.65. The molecule has 0 radical (unpaired) electrons. The molecule has 2 N–H and O–H groups in total. The van der Waals surface area contributed by atoms with E-state index in [2.05, 4.69) is 25.6 Å². The molecule has 0 unspecified atom stereocenters. The molecule has 1 amide bonds. The van der Waals surface area contributed by atoms with Gasteiger partial charge in [0.25, 0.3) is 5.91 Å². The SMILES string of the molecule is O=C(Nc1cccc(CNc2nccc(C(F)(F)F)n2)c1)c1ccncc1. The summed E-state index contributed by atoms with van der Waals surface area (Å²) >= 11 is 0. The van der Waals surface area contributed by atoms with Crippen molar-refractivity contribution in [3.8, 4) is 0 Å². The van der Waals surface area contributed by atoms with Gasteiger partial charge in [-0.05, 0) is 35.9 Å². The number of anilines is 2. The molecule has 0 aliphatic carbocycles. The van der Waals surface area contributed by atoms with Gasteiger partial charge in [0.1, 0.15) is 5.69 Å². The highest BCUT2D eigenvalue weighted by Gasteiger charge is 2.32. The highest BCUT2D eigenvalue weighted by Crippen LogP contribution is 2.27. The second-order valence-electron chi connectivity index (χ2n) is 5.51. The number of aromatic nitrogens is 3. The van der Waals surface area contributed by atoms with Gasteiger partial charge in [0.2, 0.25) is 5.95 Å². The van der Waals surface area contributed by atoms with Gasteiger partial charge in [0.15, 0.2) is 0 Å². The summed E-state index contributed by atoms with van der Waals surface area (Å²) in [5, 5.41) is 5.49. The summed E-state index contributed by atoms with van der Waals surface area (Å²) in [5.41, 5.74) is 0.744. The molecule has 9 heteroatoms. The molecule has 0 aliphatic rings. The largest absolute Gasteiger partial charge is 0.433 e. The standard InChI is InChI=1S/C18H14F3N5O/c19-18(20,21)15-6-9-23-17(26-15)24-11-12-2-1-3-14(10-12)25-16(27)13-4-7-22-8-5-13/h1-10H,11H2,(H,25,27)(H,23,24,26). The molecular weight excluding hydrogens is 359 g/mol. The van der Waals surface area contributed by atoms with Gasteiger partial charge in [-0.25, -0.2) is 9.97 Å². The monoisotopic (exact) mass is 373 g/mol. The van der Waals surface area contributed by atoms with Gasteiger partial charge in [-0.1, -0.05) is 12.1 Å². The number of hydrogen-bond donors (Lipinski definition) is 2. The molecule has 0 spiro atoms. The van der Waals surface area contributed by atoms with Crippen molar-refractivity contribution >= 4 is 17.5 Å². The quantitative estimate of drug-likeness (QED) is 0.712. The lowest BCUT2D eigenvalue weighted by Gasteiger charge is -2.10. The summed E-state index contributed by atoms with van der Waals surface area (Å²) in [4.78, 5) is 23.2. The second kappa shape index (κ2) is 7.81. The van der Waals surface area contributed by atoms with Crippen molar-refractivity contribution < 1.29 is 18.0 Å². The van der Waals surface area contributed by atoms with Crippen molar-refractivity contribution in [3.05, 3.63) is 77.9 Å². The van der Waals surface area contributed by atoms with Gasteiger partial charge in [-0.2, -0.15) is 13.2 Å². The molecule has 1 aromatic carbocycles. The van der Waals surface area contributed by atoms with Crippen LogP contribution in [0.5, 0.6) is 0 Å². The molecule has 0 saturated heterocycles. The van der Waals surface area contributed by atoms with E-state index < -0.39 is 11.9 Å². The van der Waals surface area contributed by atoms with Crippen LogP contribution in [0, 0.1) is 0 Å². The van der Waals surface area contributed by atoms with Crippen molar-refractivity contribution in [3.63, 3.8) is 0 Å². The van der Waals surface area contributed by atoms with E-state index in [1.807, 2.05) is 0 Å². The van der Waals surface area contributed by atoms with E-state index in [0.29, 0.717) is 11.3 Å². The van der Waals surface area contributed by atoms with Crippen molar-refractivity contribution in [2.24, 2.45) is 0 Å². The third kappa shape index (κ3) is 5.00. The summed E-state index contributed by atoms with van der Waals surface area (Å²) in [5.74, 6) is -0.417. The number of nitrogens with zero attached hydrogens (tertiary/aromatic N) is 3. The minimum Gasteiger partial charge on any atom is -0.350 e. The van der Waals surface area contributed by atoms with Crippen LogP contribution in [0.3, 0.4) is 0 Å². The van der Waals surface area contributed by atoms with E-state index >= 15 is 0 Å². The molecule has 0 bridgehead atoms. The number of nitrogens with one attached hydrogen (secondary N) is 2. The van der Waals surface area contributed by atoms with Crippen LogP contribution in [0.4, 0.5) is 24.8 Å². The van der Waals surface area contributed by atoms with Gasteiger partial charge in [0, 0.05) is 36.4 Å². The molecule has 0 saturated carbocycles. The van der Waals surface area contributed by atoms with Crippen molar-refractivity contribution in [2.75, 3.05) is 10.6 Å². The maximum Gasteiger partial charge on any atom is 0.433 e. The smallest absolute Gasteiger partial charge is 0.350 e. The topological polar surface area (TPSA) is 79.8 Å². The van der Waals surface area contributed by atoms with E-state index in [-0.39, 0.29) is 18.4 Å². The molecule has 3 rings (SSSR count). The minimum atomic E-state index is -4.53. The van der Waals surface area contributed by atoms with E-state index in [9.17, 15) is 18.0 Å². The maximum atomic E-state index is 12.7. The van der Waals surface area contributed by atoms with Gasteiger partial charge < -0.3 is 10.6 Å². The maximum absolute atomic E-state index is 12.7. The molecule has 27 heavy (non-hydrogen) atoms. The molecular formula is C18H14F3N5O. The Morgan fingerprint density at radius 1 is 1.04 bits per heavy atom. The van der Waals surface area contributed by atoms with Gasteiger partial charge >= 0.3 is 6.18 Å². The summed E-state index contributed by atoms with van der Waals surface area (Å²) in [6.07, 6.45) is -0.450. The number of pyridine rings is 1. The highest BCUT2D eigenvalue weighted by atomic mass is 19.4.